The molecule has 1 aliphatic carbocycles. The van der Waals surface area contributed by atoms with E-state index in [-0.39, 0.29) is 17.0 Å². The maximum absolute atomic E-state index is 13.9. The number of hydrogen-bond donors (Lipinski definition) is 1. The van der Waals surface area contributed by atoms with Gasteiger partial charge in [0, 0.05) is 18.2 Å². The van der Waals surface area contributed by atoms with E-state index in [1.807, 2.05) is 16.9 Å². The third-order valence-electron chi connectivity index (χ3n) is 4.11. The minimum absolute atomic E-state index is 0.0306. The summed E-state index contributed by atoms with van der Waals surface area (Å²) in [5.41, 5.74) is 0.992. The van der Waals surface area contributed by atoms with Gasteiger partial charge in [-0.05, 0) is 25.0 Å². The second kappa shape index (κ2) is 6.16. The molecule has 0 bridgehead atoms. The minimum Gasteiger partial charge on any atom is -0.388 e. The van der Waals surface area contributed by atoms with Crippen molar-refractivity contribution in [2.24, 2.45) is 0 Å². The Labute approximate surface area is 128 Å². The Hall–Kier alpha value is -1.39. The van der Waals surface area contributed by atoms with Gasteiger partial charge in [0.25, 0.3) is 0 Å². The molecule has 1 saturated carbocycles. The molecule has 0 aliphatic heterocycles. The minimum atomic E-state index is -0.935. The zero-order valence-corrected chi connectivity index (χ0v) is 12.4. The second-order valence-electron chi connectivity index (χ2n) is 5.59. The first kappa shape index (κ1) is 14.5. The summed E-state index contributed by atoms with van der Waals surface area (Å²) in [5, 5.41) is 14.7. The van der Waals surface area contributed by atoms with Crippen LogP contribution in [0.1, 0.15) is 49.1 Å². The van der Waals surface area contributed by atoms with Gasteiger partial charge in [-0.1, -0.05) is 36.6 Å². The quantitative estimate of drug-likeness (QED) is 0.924. The smallest absolute Gasteiger partial charge is 0.147 e. The first-order chi connectivity index (χ1) is 10.1. The number of hydrogen-bond acceptors (Lipinski definition) is 2. The van der Waals surface area contributed by atoms with Gasteiger partial charge < -0.3 is 5.11 Å². The van der Waals surface area contributed by atoms with Gasteiger partial charge >= 0.3 is 0 Å². The summed E-state index contributed by atoms with van der Waals surface area (Å²) in [6.07, 6.45) is 6.12. The van der Waals surface area contributed by atoms with E-state index in [1.54, 1.807) is 12.1 Å². The summed E-state index contributed by atoms with van der Waals surface area (Å²) in [6.45, 7) is 0. The molecule has 21 heavy (non-hydrogen) atoms. The molecule has 3 rings (SSSR count). The number of nitrogens with zero attached hydrogens (tertiary/aromatic N) is 2. The van der Waals surface area contributed by atoms with Crippen molar-refractivity contribution in [2.45, 2.75) is 44.2 Å². The second-order valence-corrected chi connectivity index (χ2v) is 6.00. The van der Waals surface area contributed by atoms with E-state index in [4.69, 9.17) is 11.6 Å². The molecule has 2 aromatic rings. The lowest BCUT2D eigenvalue weighted by atomic mass is 10.0. The van der Waals surface area contributed by atoms with Crippen molar-refractivity contribution in [1.29, 1.82) is 0 Å². The molecule has 1 atom stereocenters. The molecule has 0 saturated heterocycles. The lowest BCUT2D eigenvalue weighted by molar-refractivity contribution is 0.172. The molecule has 0 spiro atoms. The summed E-state index contributed by atoms with van der Waals surface area (Å²) in [6, 6.07) is 7.03. The fourth-order valence-corrected chi connectivity index (χ4v) is 3.13. The van der Waals surface area contributed by atoms with Crippen LogP contribution in [0.5, 0.6) is 0 Å². The normalized spacial score (nSPS) is 17.3. The Morgan fingerprint density at radius 2 is 2.10 bits per heavy atom. The lowest BCUT2D eigenvalue weighted by Crippen LogP contribution is -2.08. The Balaban J connectivity index is 1.72. The Morgan fingerprint density at radius 3 is 2.86 bits per heavy atom. The fraction of sp³-hybridized carbons (Fsp3) is 0.438. The molecule has 0 radical (unpaired) electrons. The predicted octanol–water partition coefficient (Wildman–Crippen LogP) is 4.07. The topological polar surface area (TPSA) is 38.0 Å². The lowest BCUT2D eigenvalue weighted by Gasteiger charge is -2.12. The van der Waals surface area contributed by atoms with Crippen molar-refractivity contribution in [3.8, 4) is 0 Å². The maximum atomic E-state index is 13.9. The first-order valence-electron chi connectivity index (χ1n) is 7.31. The summed E-state index contributed by atoms with van der Waals surface area (Å²) < 4.78 is 15.9. The molecule has 0 amide bonds. The summed E-state index contributed by atoms with van der Waals surface area (Å²) in [7, 11) is 0. The van der Waals surface area contributed by atoms with Gasteiger partial charge in [0.2, 0.25) is 0 Å². The van der Waals surface area contributed by atoms with Crippen LogP contribution < -0.4 is 0 Å². The highest BCUT2D eigenvalue weighted by molar-refractivity contribution is 6.30. The van der Waals surface area contributed by atoms with Crippen LogP contribution in [-0.2, 0) is 6.42 Å². The Morgan fingerprint density at radius 1 is 1.33 bits per heavy atom. The highest BCUT2D eigenvalue weighted by Crippen LogP contribution is 2.29. The molecular weight excluding hydrogens is 291 g/mol. The molecule has 1 N–H and O–H groups in total. The molecule has 1 fully saturated rings. The molecule has 1 aliphatic rings. The zero-order chi connectivity index (χ0) is 14.8. The van der Waals surface area contributed by atoms with Crippen molar-refractivity contribution in [3.05, 3.63) is 52.6 Å². The van der Waals surface area contributed by atoms with Crippen LogP contribution in [0.15, 0.2) is 30.5 Å². The van der Waals surface area contributed by atoms with E-state index in [0.717, 1.165) is 18.5 Å². The number of benzene rings is 1. The van der Waals surface area contributed by atoms with E-state index < -0.39 is 11.9 Å². The average molecular weight is 309 g/mol. The van der Waals surface area contributed by atoms with E-state index in [2.05, 4.69) is 5.10 Å². The predicted molar refractivity (Wildman–Crippen MR) is 79.8 cm³/mol. The van der Waals surface area contributed by atoms with Crippen molar-refractivity contribution >= 4 is 11.6 Å². The summed E-state index contributed by atoms with van der Waals surface area (Å²) >= 11 is 5.75. The molecule has 3 nitrogen and oxygen atoms in total. The molecular formula is C16H18ClFN2O. The monoisotopic (exact) mass is 308 g/mol. The van der Waals surface area contributed by atoms with Crippen LogP contribution in [0, 0.1) is 5.82 Å². The van der Waals surface area contributed by atoms with E-state index in [1.165, 1.54) is 18.9 Å². The molecule has 1 unspecified atom stereocenters. The Bertz CT molecular complexity index is 622. The van der Waals surface area contributed by atoms with Gasteiger partial charge in [-0.3, -0.25) is 4.68 Å². The highest BCUT2D eigenvalue weighted by atomic mass is 35.5. The van der Waals surface area contributed by atoms with Crippen LogP contribution in [0.3, 0.4) is 0 Å². The largest absolute Gasteiger partial charge is 0.388 e. The fourth-order valence-electron chi connectivity index (χ4n) is 2.94. The van der Waals surface area contributed by atoms with Crippen molar-refractivity contribution in [3.63, 3.8) is 0 Å². The van der Waals surface area contributed by atoms with Crippen LogP contribution >= 0.6 is 11.6 Å². The van der Waals surface area contributed by atoms with Gasteiger partial charge in [0.1, 0.15) is 5.82 Å². The number of rotatable bonds is 4. The van der Waals surface area contributed by atoms with Gasteiger partial charge in [-0.15, -0.1) is 0 Å². The summed E-state index contributed by atoms with van der Waals surface area (Å²) in [5.74, 6) is -0.554. The van der Waals surface area contributed by atoms with Gasteiger partial charge in [0.05, 0.1) is 22.9 Å². The average Bonchev–Trinajstić information content (AvgIpc) is 3.12. The van der Waals surface area contributed by atoms with Crippen LogP contribution in [0.2, 0.25) is 5.02 Å². The maximum Gasteiger partial charge on any atom is 0.147 e. The van der Waals surface area contributed by atoms with Gasteiger partial charge in [-0.2, -0.15) is 5.10 Å². The van der Waals surface area contributed by atoms with Crippen LogP contribution in [0.4, 0.5) is 4.39 Å². The van der Waals surface area contributed by atoms with Crippen molar-refractivity contribution in [2.75, 3.05) is 0 Å². The Kier molecular flexibility index (Phi) is 4.27. The first-order valence-corrected chi connectivity index (χ1v) is 7.69. The van der Waals surface area contributed by atoms with Crippen molar-refractivity contribution < 1.29 is 9.50 Å². The zero-order valence-electron chi connectivity index (χ0n) is 11.7. The number of aliphatic hydroxyl groups is 1. The number of halogens is 2. The standard InChI is InChI=1S/C16H18ClFN2O/c17-14-7-3-6-13(16(14)18)15(21)10-11-8-9-20(19-11)12-4-1-2-5-12/h3,6-9,12,15,21H,1-2,4-5,10H2. The number of aliphatic hydroxyl groups excluding tert-OH is 1. The molecule has 1 heterocycles. The SMILES string of the molecule is OC(Cc1ccn(C2CCCC2)n1)c1cccc(Cl)c1F. The molecule has 1 aromatic carbocycles. The van der Waals surface area contributed by atoms with Crippen LogP contribution in [0.25, 0.3) is 0 Å². The van der Waals surface area contributed by atoms with E-state index >= 15 is 0 Å². The third kappa shape index (κ3) is 3.11. The van der Waals surface area contributed by atoms with Gasteiger partial charge in [-0.25, -0.2) is 4.39 Å². The molecule has 1 aromatic heterocycles. The number of aromatic nitrogens is 2. The van der Waals surface area contributed by atoms with Gasteiger partial charge in [0.15, 0.2) is 0 Å². The highest BCUT2D eigenvalue weighted by Gasteiger charge is 2.20. The van der Waals surface area contributed by atoms with E-state index in [0.29, 0.717) is 6.04 Å². The van der Waals surface area contributed by atoms with E-state index in [9.17, 15) is 9.50 Å². The molecule has 112 valence electrons. The van der Waals surface area contributed by atoms with Crippen LogP contribution in [-0.4, -0.2) is 14.9 Å². The molecule has 5 heteroatoms. The summed E-state index contributed by atoms with van der Waals surface area (Å²) in [4.78, 5) is 0. The van der Waals surface area contributed by atoms with Crippen molar-refractivity contribution in [1.82, 2.24) is 9.78 Å². The third-order valence-corrected chi connectivity index (χ3v) is 4.40.